The summed E-state index contributed by atoms with van der Waals surface area (Å²) >= 11 is 0. The van der Waals surface area contributed by atoms with E-state index < -0.39 is 0 Å². The van der Waals surface area contributed by atoms with Gasteiger partial charge in [-0.1, -0.05) is 24.8 Å². The molecule has 0 unspecified atom stereocenters. The highest BCUT2D eigenvalue weighted by molar-refractivity contribution is 5.72. The average Bonchev–Trinajstić information content (AvgIpc) is 2.30. The molecule has 0 saturated heterocycles. The molecule has 1 aromatic heterocycles. The number of halogens is 1. The van der Waals surface area contributed by atoms with Gasteiger partial charge in [0, 0.05) is 11.8 Å². The van der Waals surface area contributed by atoms with E-state index >= 15 is 0 Å². The van der Waals surface area contributed by atoms with Gasteiger partial charge in [-0.3, -0.25) is 4.98 Å². The summed E-state index contributed by atoms with van der Waals surface area (Å²) < 4.78 is 12.7. The molecule has 2 aromatic rings. The summed E-state index contributed by atoms with van der Waals surface area (Å²) in [4.78, 5) is 4.18. The number of hydrogen-bond donors (Lipinski definition) is 0. The lowest BCUT2D eigenvalue weighted by Gasteiger charge is -2.04. The van der Waals surface area contributed by atoms with Crippen molar-refractivity contribution in [3.63, 3.8) is 0 Å². The fraction of sp³-hybridized carbons (Fsp3) is 0. The minimum atomic E-state index is -0.234. The Kier molecular flexibility index (Phi) is 2.59. The standard InChI is InChI=1S/C13H10FN/c1-2-13-12(4-3-9-15-13)10-5-7-11(14)8-6-10/h2-9H,1H2. The lowest BCUT2D eigenvalue weighted by molar-refractivity contribution is 0.628. The van der Waals surface area contributed by atoms with Crippen molar-refractivity contribution in [1.29, 1.82) is 0 Å². The molecule has 1 nitrogen and oxygen atoms in total. The van der Waals surface area contributed by atoms with Crippen molar-refractivity contribution in [3.8, 4) is 11.1 Å². The average molecular weight is 199 g/mol. The Balaban J connectivity index is 2.53. The van der Waals surface area contributed by atoms with Gasteiger partial charge in [0.1, 0.15) is 5.82 Å². The first-order chi connectivity index (χ1) is 7.31. The minimum absolute atomic E-state index is 0.234. The van der Waals surface area contributed by atoms with Gasteiger partial charge in [-0.25, -0.2) is 4.39 Å². The predicted octanol–water partition coefficient (Wildman–Crippen LogP) is 3.53. The SMILES string of the molecule is C=Cc1ncccc1-c1ccc(F)cc1. The van der Waals surface area contributed by atoms with Crippen molar-refractivity contribution in [1.82, 2.24) is 4.98 Å². The van der Waals surface area contributed by atoms with Crippen LogP contribution in [-0.4, -0.2) is 4.98 Å². The first-order valence-electron chi connectivity index (χ1n) is 4.64. The van der Waals surface area contributed by atoms with E-state index in [2.05, 4.69) is 11.6 Å². The molecule has 0 aliphatic heterocycles. The lowest BCUT2D eigenvalue weighted by Crippen LogP contribution is -1.86. The molecule has 1 heterocycles. The maximum Gasteiger partial charge on any atom is 0.123 e. The van der Waals surface area contributed by atoms with Gasteiger partial charge in [0.05, 0.1) is 5.69 Å². The summed E-state index contributed by atoms with van der Waals surface area (Å²) in [5.41, 5.74) is 2.72. The highest BCUT2D eigenvalue weighted by Gasteiger charge is 2.02. The zero-order chi connectivity index (χ0) is 10.7. The lowest BCUT2D eigenvalue weighted by atomic mass is 10.0. The molecule has 74 valence electrons. The van der Waals surface area contributed by atoms with Crippen LogP contribution < -0.4 is 0 Å². The summed E-state index contributed by atoms with van der Waals surface area (Å²) in [6.07, 6.45) is 3.41. The predicted molar refractivity (Wildman–Crippen MR) is 59.7 cm³/mol. The van der Waals surface area contributed by atoms with E-state index in [-0.39, 0.29) is 5.82 Å². The van der Waals surface area contributed by atoms with E-state index in [0.29, 0.717) is 0 Å². The van der Waals surface area contributed by atoms with Crippen LogP contribution in [0.3, 0.4) is 0 Å². The van der Waals surface area contributed by atoms with Crippen LogP contribution in [0.25, 0.3) is 17.2 Å². The molecule has 1 aromatic carbocycles. The highest BCUT2D eigenvalue weighted by atomic mass is 19.1. The third-order valence-corrected chi connectivity index (χ3v) is 2.19. The molecule has 0 aliphatic carbocycles. The van der Waals surface area contributed by atoms with Crippen LogP contribution in [0.1, 0.15) is 5.69 Å². The molecule has 15 heavy (non-hydrogen) atoms. The quantitative estimate of drug-likeness (QED) is 0.721. The van der Waals surface area contributed by atoms with E-state index in [0.717, 1.165) is 16.8 Å². The van der Waals surface area contributed by atoms with Crippen molar-refractivity contribution in [2.24, 2.45) is 0 Å². The monoisotopic (exact) mass is 199 g/mol. The summed E-state index contributed by atoms with van der Waals surface area (Å²) in [5, 5.41) is 0. The Hall–Kier alpha value is -1.96. The Morgan fingerprint density at radius 2 is 1.87 bits per heavy atom. The van der Waals surface area contributed by atoms with E-state index in [1.807, 2.05) is 12.1 Å². The van der Waals surface area contributed by atoms with Crippen LogP contribution in [0.4, 0.5) is 4.39 Å². The van der Waals surface area contributed by atoms with Crippen molar-refractivity contribution in [3.05, 3.63) is 60.7 Å². The van der Waals surface area contributed by atoms with E-state index in [9.17, 15) is 4.39 Å². The van der Waals surface area contributed by atoms with Crippen LogP contribution >= 0.6 is 0 Å². The molecule has 2 rings (SSSR count). The third-order valence-electron chi connectivity index (χ3n) is 2.19. The first-order valence-corrected chi connectivity index (χ1v) is 4.64. The highest BCUT2D eigenvalue weighted by Crippen LogP contribution is 2.22. The van der Waals surface area contributed by atoms with Crippen molar-refractivity contribution >= 4 is 6.08 Å². The van der Waals surface area contributed by atoms with Crippen LogP contribution in [0.2, 0.25) is 0 Å². The summed E-state index contributed by atoms with van der Waals surface area (Å²) in [6.45, 7) is 3.70. The number of nitrogens with zero attached hydrogens (tertiary/aromatic N) is 1. The number of aromatic nitrogens is 1. The van der Waals surface area contributed by atoms with E-state index in [4.69, 9.17) is 0 Å². The second kappa shape index (κ2) is 4.05. The van der Waals surface area contributed by atoms with Gasteiger partial charge in [0.2, 0.25) is 0 Å². The molecule has 0 fully saturated rings. The largest absolute Gasteiger partial charge is 0.256 e. The van der Waals surface area contributed by atoms with E-state index in [1.54, 1.807) is 24.4 Å². The number of hydrogen-bond acceptors (Lipinski definition) is 1. The van der Waals surface area contributed by atoms with Crippen LogP contribution in [0.5, 0.6) is 0 Å². The van der Waals surface area contributed by atoms with Gasteiger partial charge in [-0.15, -0.1) is 0 Å². The zero-order valence-electron chi connectivity index (χ0n) is 8.15. The maximum atomic E-state index is 12.7. The molecular formula is C13H10FN. The first kappa shape index (κ1) is 9.59. The molecule has 2 heteroatoms. The normalized spacial score (nSPS) is 9.93. The summed E-state index contributed by atoms with van der Waals surface area (Å²) in [5.74, 6) is -0.234. The minimum Gasteiger partial charge on any atom is -0.256 e. The van der Waals surface area contributed by atoms with Gasteiger partial charge < -0.3 is 0 Å². The molecule has 0 N–H and O–H groups in total. The van der Waals surface area contributed by atoms with Gasteiger partial charge in [0.25, 0.3) is 0 Å². The molecule has 0 saturated carbocycles. The topological polar surface area (TPSA) is 12.9 Å². The van der Waals surface area contributed by atoms with Gasteiger partial charge in [-0.05, 0) is 29.8 Å². The Morgan fingerprint density at radius 3 is 2.53 bits per heavy atom. The molecule has 0 atom stereocenters. The smallest absolute Gasteiger partial charge is 0.123 e. The fourth-order valence-corrected chi connectivity index (χ4v) is 1.45. The molecule has 0 aliphatic rings. The van der Waals surface area contributed by atoms with Crippen LogP contribution in [0, 0.1) is 5.82 Å². The summed E-state index contributed by atoms with van der Waals surface area (Å²) in [7, 11) is 0. The van der Waals surface area contributed by atoms with Crippen LogP contribution in [-0.2, 0) is 0 Å². The molecular weight excluding hydrogens is 189 g/mol. The molecule has 0 radical (unpaired) electrons. The number of benzene rings is 1. The zero-order valence-corrected chi connectivity index (χ0v) is 8.15. The summed E-state index contributed by atoms with van der Waals surface area (Å²) in [6, 6.07) is 10.1. The number of rotatable bonds is 2. The second-order valence-electron chi connectivity index (χ2n) is 3.15. The van der Waals surface area contributed by atoms with Crippen molar-refractivity contribution < 1.29 is 4.39 Å². The molecule has 0 amide bonds. The second-order valence-corrected chi connectivity index (χ2v) is 3.15. The molecule has 0 bridgehead atoms. The Labute approximate surface area is 87.9 Å². The van der Waals surface area contributed by atoms with Crippen molar-refractivity contribution in [2.45, 2.75) is 0 Å². The molecule has 0 spiro atoms. The maximum absolute atomic E-state index is 12.7. The third kappa shape index (κ3) is 1.94. The number of pyridine rings is 1. The van der Waals surface area contributed by atoms with Crippen molar-refractivity contribution in [2.75, 3.05) is 0 Å². The van der Waals surface area contributed by atoms with E-state index in [1.165, 1.54) is 12.1 Å². The van der Waals surface area contributed by atoms with Gasteiger partial charge in [0.15, 0.2) is 0 Å². The Morgan fingerprint density at radius 1 is 1.13 bits per heavy atom. The Bertz CT molecular complexity index is 474. The van der Waals surface area contributed by atoms with Crippen LogP contribution in [0.15, 0.2) is 49.2 Å². The van der Waals surface area contributed by atoms with Gasteiger partial charge >= 0.3 is 0 Å². The van der Waals surface area contributed by atoms with Gasteiger partial charge in [-0.2, -0.15) is 0 Å². The fourth-order valence-electron chi connectivity index (χ4n) is 1.45.